The van der Waals surface area contributed by atoms with Crippen molar-refractivity contribution in [3.63, 3.8) is 0 Å². The molecule has 2 saturated heterocycles. The molecule has 2 aliphatic heterocycles. The minimum absolute atomic E-state index is 0.0891. The lowest BCUT2D eigenvalue weighted by molar-refractivity contribution is -0.0575. The van der Waals surface area contributed by atoms with Gasteiger partial charge in [0.15, 0.2) is 6.29 Å². The summed E-state index contributed by atoms with van der Waals surface area (Å²) in [5, 5.41) is 10.2. The molecule has 0 amide bonds. The molecule has 3 saturated carbocycles. The smallest absolute Gasteiger partial charge is 0.190 e. The van der Waals surface area contributed by atoms with Gasteiger partial charge in [-0.1, -0.05) is 45.3 Å². The molecule has 2 unspecified atom stereocenters. The van der Waals surface area contributed by atoms with E-state index < -0.39 is 0 Å². The molecule has 10 atom stereocenters. The van der Waals surface area contributed by atoms with Crippen LogP contribution in [0.25, 0.3) is 0 Å². The molecule has 0 spiro atoms. The van der Waals surface area contributed by atoms with Gasteiger partial charge in [-0.3, -0.25) is 0 Å². The van der Waals surface area contributed by atoms with Gasteiger partial charge in [0, 0.05) is 0 Å². The zero-order valence-electron chi connectivity index (χ0n) is 19.4. The lowest BCUT2D eigenvalue weighted by Gasteiger charge is -2.58. The summed E-state index contributed by atoms with van der Waals surface area (Å²) in [6.07, 6.45) is 16.7. The second-order valence-corrected chi connectivity index (χ2v) is 12.6. The fourth-order valence-corrected chi connectivity index (χ4v) is 9.37. The SMILES string of the molecule is C[C@H](CCCC12COC1O2)[C@H]1CC[C@H]2[C@@H]3CC=C4C[C@@H](O)CC[C@]4(C)[C@H]3CC[C@]12C. The second-order valence-electron chi connectivity index (χ2n) is 12.6. The Morgan fingerprint density at radius 2 is 2.00 bits per heavy atom. The number of aliphatic hydroxyl groups excluding tert-OH is 1. The van der Waals surface area contributed by atoms with Crippen molar-refractivity contribution in [2.24, 2.45) is 40.4 Å². The predicted molar refractivity (Wildman–Crippen MR) is 118 cm³/mol. The highest BCUT2D eigenvalue weighted by atomic mass is 16.8. The van der Waals surface area contributed by atoms with Crippen LogP contribution in [0, 0.1) is 40.4 Å². The predicted octanol–water partition coefficient (Wildman–Crippen LogP) is 5.86. The molecule has 4 aliphatic carbocycles. The fraction of sp³-hybridized carbons (Fsp3) is 0.926. The highest BCUT2D eigenvalue weighted by molar-refractivity contribution is 5.25. The minimum atomic E-state index is -0.0891. The first-order valence-electron chi connectivity index (χ1n) is 13.0. The van der Waals surface area contributed by atoms with E-state index in [1.807, 2.05) is 0 Å². The summed E-state index contributed by atoms with van der Waals surface area (Å²) < 4.78 is 11.1. The molecule has 0 radical (unpaired) electrons. The van der Waals surface area contributed by atoms with E-state index in [1.165, 1.54) is 57.8 Å². The monoisotopic (exact) mass is 414 g/mol. The molecule has 0 aromatic carbocycles. The summed E-state index contributed by atoms with van der Waals surface area (Å²) in [5.41, 5.74) is 2.68. The van der Waals surface area contributed by atoms with Gasteiger partial charge in [-0.05, 0) is 98.2 Å². The Morgan fingerprint density at radius 3 is 2.73 bits per heavy atom. The van der Waals surface area contributed by atoms with Gasteiger partial charge in [0.25, 0.3) is 0 Å². The normalized spacial score (nSPS) is 54.7. The van der Waals surface area contributed by atoms with E-state index in [9.17, 15) is 5.11 Å². The third kappa shape index (κ3) is 2.80. The Bertz CT molecular complexity index is 728. The van der Waals surface area contributed by atoms with Crippen LogP contribution in [0.1, 0.15) is 91.4 Å². The zero-order chi connectivity index (χ0) is 20.7. The summed E-state index contributed by atoms with van der Waals surface area (Å²) in [5.74, 6) is 4.40. The van der Waals surface area contributed by atoms with Gasteiger partial charge in [-0.2, -0.15) is 0 Å². The first-order chi connectivity index (χ1) is 14.4. The van der Waals surface area contributed by atoms with Crippen molar-refractivity contribution in [3.8, 4) is 0 Å². The van der Waals surface area contributed by atoms with Crippen LogP contribution < -0.4 is 0 Å². The minimum Gasteiger partial charge on any atom is -0.393 e. The van der Waals surface area contributed by atoms with Crippen LogP contribution in [-0.2, 0) is 9.47 Å². The molecule has 1 N–H and O–H groups in total. The lowest BCUT2D eigenvalue weighted by atomic mass is 9.47. The third-order valence-corrected chi connectivity index (χ3v) is 11.3. The highest BCUT2D eigenvalue weighted by Gasteiger charge is 2.65. The fourth-order valence-electron chi connectivity index (χ4n) is 9.37. The maximum absolute atomic E-state index is 10.2. The molecular weight excluding hydrogens is 372 g/mol. The van der Waals surface area contributed by atoms with Crippen LogP contribution in [0.4, 0.5) is 0 Å². The number of aliphatic hydroxyl groups is 1. The number of hydrogen-bond donors (Lipinski definition) is 1. The Kier molecular flexibility index (Phi) is 4.60. The van der Waals surface area contributed by atoms with E-state index in [0.29, 0.717) is 10.8 Å². The average molecular weight is 415 g/mol. The van der Waals surface area contributed by atoms with E-state index in [4.69, 9.17) is 9.47 Å². The molecule has 5 fully saturated rings. The summed E-state index contributed by atoms with van der Waals surface area (Å²) in [6, 6.07) is 0. The largest absolute Gasteiger partial charge is 0.393 e. The Labute approximate surface area is 183 Å². The summed E-state index contributed by atoms with van der Waals surface area (Å²) in [6.45, 7) is 8.61. The van der Waals surface area contributed by atoms with Gasteiger partial charge in [-0.15, -0.1) is 0 Å². The number of hydrogen-bond acceptors (Lipinski definition) is 3. The summed E-state index contributed by atoms with van der Waals surface area (Å²) >= 11 is 0. The Hall–Kier alpha value is -0.380. The molecule has 30 heavy (non-hydrogen) atoms. The maximum Gasteiger partial charge on any atom is 0.190 e. The van der Waals surface area contributed by atoms with Gasteiger partial charge >= 0.3 is 0 Å². The van der Waals surface area contributed by atoms with Crippen molar-refractivity contribution in [1.82, 2.24) is 0 Å². The molecule has 0 aromatic rings. The number of allylic oxidation sites excluding steroid dienone is 1. The van der Waals surface area contributed by atoms with Crippen molar-refractivity contribution in [3.05, 3.63) is 11.6 Å². The molecule has 6 aliphatic rings. The first kappa shape index (κ1) is 20.2. The quantitative estimate of drug-likeness (QED) is 0.453. The van der Waals surface area contributed by atoms with Crippen LogP contribution in [-0.4, -0.2) is 29.7 Å². The summed E-state index contributed by atoms with van der Waals surface area (Å²) in [7, 11) is 0. The Balaban J connectivity index is 1.14. The Morgan fingerprint density at radius 1 is 1.13 bits per heavy atom. The van der Waals surface area contributed by atoms with Crippen LogP contribution in [0.3, 0.4) is 0 Å². The van der Waals surface area contributed by atoms with Crippen molar-refractivity contribution < 1.29 is 14.6 Å². The van der Waals surface area contributed by atoms with Crippen molar-refractivity contribution in [2.75, 3.05) is 6.61 Å². The van der Waals surface area contributed by atoms with Crippen LogP contribution in [0.5, 0.6) is 0 Å². The van der Waals surface area contributed by atoms with E-state index >= 15 is 0 Å². The van der Waals surface area contributed by atoms with Gasteiger partial charge in [0.1, 0.15) is 5.60 Å². The van der Waals surface area contributed by atoms with E-state index in [1.54, 1.807) is 5.57 Å². The van der Waals surface area contributed by atoms with Crippen molar-refractivity contribution in [2.45, 2.75) is 109 Å². The molecule has 3 heteroatoms. The lowest BCUT2D eigenvalue weighted by Crippen LogP contribution is -2.50. The number of rotatable bonds is 5. The van der Waals surface area contributed by atoms with Crippen LogP contribution in [0.15, 0.2) is 11.6 Å². The van der Waals surface area contributed by atoms with Gasteiger partial charge in [0.2, 0.25) is 0 Å². The average Bonchev–Trinajstić information content (AvgIpc) is 3.05. The topological polar surface area (TPSA) is 42.0 Å². The van der Waals surface area contributed by atoms with E-state index in [-0.39, 0.29) is 18.0 Å². The van der Waals surface area contributed by atoms with Gasteiger partial charge in [-0.25, -0.2) is 0 Å². The number of epoxide rings is 1. The molecule has 0 aromatic heterocycles. The first-order valence-corrected chi connectivity index (χ1v) is 13.0. The van der Waals surface area contributed by atoms with Crippen molar-refractivity contribution >= 4 is 0 Å². The molecule has 168 valence electrons. The standard InChI is InChI=1S/C27H42O3/c1-17(5-4-12-27-16-29-24(27)30-27)21-8-9-22-20-7-6-18-15-19(28)10-13-25(18,2)23(20)11-14-26(21,22)3/h6,17,19-24,28H,4-5,7-16H2,1-3H3/t17-,19+,20+,21-,22+,23+,24?,25+,26-,27?/m1/s1. The van der Waals surface area contributed by atoms with E-state index in [0.717, 1.165) is 49.0 Å². The molecule has 6 rings (SSSR count). The number of ether oxygens (including phenoxy) is 2. The molecule has 3 nitrogen and oxygen atoms in total. The maximum atomic E-state index is 10.2. The van der Waals surface area contributed by atoms with Gasteiger partial charge in [0.05, 0.1) is 12.7 Å². The molecule has 0 bridgehead atoms. The molecular formula is C27H42O3. The number of fused-ring (bicyclic) bond motifs is 6. The highest BCUT2D eigenvalue weighted by Crippen LogP contribution is 2.67. The van der Waals surface area contributed by atoms with Crippen LogP contribution in [0.2, 0.25) is 0 Å². The van der Waals surface area contributed by atoms with Crippen molar-refractivity contribution in [1.29, 1.82) is 0 Å². The van der Waals surface area contributed by atoms with Gasteiger partial charge < -0.3 is 14.6 Å². The second kappa shape index (κ2) is 6.81. The third-order valence-electron chi connectivity index (χ3n) is 11.3. The van der Waals surface area contributed by atoms with Crippen LogP contribution >= 0.6 is 0 Å². The molecule has 2 heterocycles. The zero-order valence-corrected chi connectivity index (χ0v) is 19.4. The van der Waals surface area contributed by atoms with E-state index in [2.05, 4.69) is 26.8 Å². The summed E-state index contributed by atoms with van der Waals surface area (Å²) in [4.78, 5) is 0.